The molecule has 1 saturated carbocycles. The van der Waals surface area contributed by atoms with E-state index >= 15 is 0 Å². The van der Waals surface area contributed by atoms with Gasteiger partial charge in [0.05, 0.1) is 5.56 Å². The zero-order valence-electron chi connectivity index (χ0n) is 13.8. The van der Waals surface area contributed by atoms with Crippen molar-refractivity contribution in [3.8, 4) is 5.88 Å². The van der Waals surface area contributed by atoms with Crippen LogP contribution in [0.15, 0.2) is 36.1 Å². The standard InChI is InChI=1S/C18H20ClF3N2O/c1-2-3-6-12(23)15-10-5-4-7-13(16(10)15)25-14-9-8-11(17(19)24-14)18(20,21)22/h4-5,7-10,12,15-16H,2-3,6,23H2,1H3/t10?,12?,15?,16-/m0/s1. The number of halogens is 4. The van der Waals surface area contributed by atoms with Crippen molar-refractivity contribution in [2.24, 2.45) is 23.5 Å². The number of aromatic nitrogens is 1. The highest BCUT2D eigenvalue weighted by atomic mass is 35.5. The van der Waals surface area contributed by atoms with Gasteiger partial charge >= 0.3 is 6.18 Å². The first kappa shape index (κ1) is 18.3. The molecule has 7 heteroatoms. The van der Waals surface area contributed by atoms with Crippen molar-refractivity contribution in [3.63, 3.8) is 0 Å². The summed E-state index contributed by atoms with van der Waals surface area (Å²) in [5.41, 5.74) is 5.32. The van der Waals surface area contributed by atoms with E-state index in [9.17, 15) is 13.2 Å². The van der Waals surface area contributed by atoms with Gasteiger partial charge in [-0.15, -0.1) is 0 Å². The first-order valence-electron chi connectivity index (χ1n) is 8.38. The third kappa shape index (κ3) is 3.85. The number of allylic oxidation sites excluding steroid dienone is 4. The van der Waals surface area contributed by atoms with E-state index in [1.54, 1.807) is 0 Å². The number of nitrogens with zero attached hydrogens (tertiary/aromatic N) is 1. The van der Waals surface area contributed by atoms with Crippen LogP contribution in [0.5, 0.6) is 5.88 Å². The van der Waals surface area contributed by atoms with E-state index in [1.165, 1.54) is 6.07 Å². The minimum absolute atomic E-state index is 0.0612. The van der Waals surface area contributed by atoms with E-state index in [0.717, 1.165) is 25.3 Å². The molecule has 0 amide bonds. The molecule has 1 fully saturated rings. The molecule has 1 heterocycles. The van der Waals surface area contributed by atoms with Gasteiger partial charge in [-0.3, -0.25) is 0 Å². The van der Waals surface area contributed by atoms with Crippen molar-refractivity contribution in [2.45, 2.75) is 38.4 Å². The molecular weight excluding hydrogens is 353 g/mol. The number of rotatable bonds is 6. The molecule has 3 rings (SSSR count). The Morgan fingerprint density at radius 3 is 2.76 bits per heavy atom. The lowest BCUT2D eigenvalue weighted by Gasteiger charge is -2.14. The molecule has 2 aliphatic carbocycles. The predicted octanol–water partition coefficient (Wildman–Crippen LogP) is 4.97. The average molecular weight is 373 g/mol. The predicted molar refractivity (Wildman–Crippen MR) is 90.1 cm³/mol. The molecule has 0 aliphatic heterocycles. The van der Waals surface area contributed by atoms with Crippen LogP contribution in [0.4, 0.5) is 13.2 Å². The van der Waals surface area contributed by atoms with Crippen molar-refractivity contribution < 1.29 is 17.9 Å². The summed E-state index contributed by atoms with van der Waals surface area (Å²) < 4.78 is 44.0. The fraction of sp³-hybridized carbons (Fsp3) is 0.500. The fourth-order valence-corrected chi connectivity index (χ4v) is 3.72. The van der Waals surface area contributed by atoms with Crippen LogP contribution >= 0.6 is 11.6 Å². The van der Waals surface area contributed by atoms with Crippen molar-refractivity contribution >= 4 is 11.6 Å². The van der Waals surface area contributed by atoms with Gasteiger partial charge in [-0.05, 0) is 30.4 Å². The lowest BCUT2D eigenvalue weighted by molar-refractivity contribution is -0.137. The minimum Gasteiger partial charge on any atom is -0.443 e. The van der Waals surface area contributed by atoms with Crippen molar-refractivity contribution in [1.29, 1.82) is 0 Å². The molecule has 3 nitrogen and oxygen atoms in total. The fourth-order valence-electron chi connectivity index (χ4n) is 3.47. The Morgan fingerprint density at radius 2 is 2.12 bits per heavy atom. The summed E-state index contributed by atoms with van der Waals surface area (Å²) in [4.78, 5) is 3.73. The number of hydrogen-bond donors (Lipinski definition) is 1. The van der Waals surface area contributed by atoms with Gasteiger partial charge in [0.1, 0.15) is 10.9 Å². The monoisotopic (exact) mass is 372 g/mol. The number of hydrogen-bond acceptors (Lipinski definition) is 3. The summed E-state index contributed by atoms with van der Waals surface area (Å²) in [7, 11) is 0. The molecule has 3 unspecified atom stereocenters. The zero-order chi connectivity index (χ0) is 18.2. The molecule has 0 aromatic carbocycles. The van der Waals surface area contributed by atoms with Crippen molar-refractivity contribution in [1.82, 2.24) is 4.98 Å². The van der Waals surface area contributed by atoms with Crippen LogP contribution in [0.1, 0.15) is 31.7 Å². The second-order valence-electron chi connectivity index (χ2n) is 6.53. The first-order chi connectivity index (χ1) is 11.8. The molecule has 0 radical (unpaired) electrons. The molecule has 136 valence electrons. The van der Waals surface area contributed by atoms with Crippen LogP contribution in [-0.2, 0) is 6.18 Å². The minimum atomic E-state index is -4.53. The van der Waals surface area contributed by atoms with E-state index < -0.39 is 16.9 Å². The molecule has 0 bridgehead atoms. The molecule has 1 aromatic heterocycles. The number of unbranched alkanes of at least 4 members (excludes halogenated alkanes) is 1. The van der Waals surface area contributed by atoms with Gasteiger partial charge in [-0.25, -0.2) is 4.98 Å². The highest BCUT2D eigenvalue weighted by Crippen LogP contribution is 2.55. The maximum Gasteiger partial charge on any atom is 0.419 e. The van der Waals surface area contributed by atoms with Crippen LogP contribution < -0.4 is 10.5 Å². The van der Waals surface area contributed by atoms with E-state index in [-0.39, 0.29) is 17.8 Å². The van der Waals surface area contributed by atoms with E-state index in [2.05, 4.69) is 18.0 Å². The van der Waals surface area contributed by atoms with Gasteiger partial charge in [0.15, 0.2) is 0 Å². The SMILES string of the molecule is CCCCC(N)C1C2C=CC=C(Oc3ccc(C(F)(F)F)c(Cl)n3)[C@H]21. The molecule has 0 spiro atoms. The second kappa shape index (κ2) is 7.00. The summed E-state index contributed by atoms with van der Waals surface area (Å²) in [6.07, 6.45) is 4.43. The maximum atomic E-state index is 12.7. The number of pyridine rings is 1. The maximum absolute atomic E-state index is 12.7. The highest BCUT2D eigenvalue weighted by molar-refractivity contribution is 6.30. The van der Waals surface area contributed by atoms with Gasteiger partial charge in [0.2, 0.25) is 5.88 Å². The summed E-state index contributed by atoms with van der Waals surface area (Å²) >= 11 is 5.65. The van der Waals surface area contributed by atoms with Crippen molar-refractivity contribution in [3.05, 3.63) is 46.8 Å². The van der Waals surface area contributed by atoms with E-state index in [0.29, 0.717) is 17.6 Å². The summed E-state index contributed by atoms with van der Waals surface area (Å²) in [6, 6.07) is 2.17. The number of nitrogens with two attached hydrogens (primary N) is 1. The summed E-state index contributed by atoms with van der Waals surface area (Å²) in [5, 5.41) is -0.611. The Labute approximate surface area is 149 Å². The van der Waals surface area contributed by atoms with Crippen LogP contribution in [-0.4, -0.2) is 11.0 Å². The van der Waals surface area contributed by atoms with Gasteiger partial charge in [0.25, 0.3) is 0 Å². The lowest BCUT2D eigenvalue weighted by Crippen LogP contribution is -2.24. The van der Waals surface area contributed by atoms with E-state index in [1.807, 2.05) is 12.2 Å². The normalized spacial score (nSPS) is 26.0. The van der Waals surface area contributed by atoms with Crippen LogP contribution in [0.2, 0.25) is 5.15 Å². The molecule has 1 aromatic rings. The Hall–Kier alpha value is -1.53. The third-order valence-electron chi connectivity index (χ3n) is 4.79. The molecule has 4 atom stereocenters. The Kier molecular flexibility index (Phi) is 5.11. The van der Waals surface area contributed by atoms with Gasteiger partial charge in [-0.2, -0.15) is 13.2 Å². The molecule has 0 saturated heterocycles. The van der Waals surface area contributed by atoms with Gasteiger partial charge < -0.3 is 10.5 Å². The molecule has 2 aliphatic rings. The quantitative estimate of drug-likeness (QED) is 0.717. The molecular formula is C18H20ClF3N2O. The Balaban J connectivity index is 1.70. The molecule has 2 N–H and O–H groups in total. The highest BCUT2D eigenvalue weighted by Gasteiger charge is 2.55. The van der Waals surface area contributed by atoms with Crippen LogP contribution in [0.3, 0.4) is 0 Å². The van der Waals surface area contributed by atoms with Gasteiger partial charge in [0, 0.05) is 18.0 Å². The number of fused-ring (bicyclic) bond motifs is 1. The summed E-state index contributed by atoms with van der Waals surface area (Å²) in [5.74, 6) is 1.55. The van der Waals surface area contributed by atoms with Gasteiger partial charge in [-0.1, -0.05) is 43.5 Å². The van der Waals surface area contributed by atoms with Crippen molar-refractivity contribution in [2.75, 3.05) is 0 Å². The zero-order valence-corrected chi connectivity index (χ0v) is 14.5. The number of ether oxygens (including phenoxy) is 1. The van der Waals surface area contributed by atoms with Crippen LogP contribution in [0.25, 0.3) is 0 Å². The average Bonchev–Trinajstić information content (AvgIpc) is 3.27. The Morgan fingerprint density at radius 1 is 1.36 bits per heavy atom. The van der Waals surface area contributed by atoms with E-state index in [4.69, 9.17) is 22.1 Å². The lowest BCUT2D eigenvalue weighted by atomic mass is 10.0. The third-order valence-corrected chi connectivity index (χ3v) is 5.08. The smallest absolute Gasteiger partial charge is 0.419 e. The van der Waals surface area contributed by atoms with Crippen LogP contribution in [0, 0.1) is 17.8 Å². The summed E-state index contributed by atoms with van der Waals surface area (Å²) in [6.45, 7) is 2.13. The second-order valence-corrected chi connectivity index (χ2v) is 6.89. The number of alkyl halides is 3. The first-order valence-corrected chi connectivity index (χ1v) is 8.76. The largest absolute Gasteiger partial charge is 0.443 e. The Bertz CT molecular complexity index is 702. The molecule has 25 heavy (non-hydrogen) atoms. The topological polar surface area (TPSA) is 48.1 Å².